The molecule has 0 saturated heterocycles. The van der Waals surface area contributed by atoms with Crippen LogP contribution in [0.15, 0.2) is 0 Å². The molecule has 16 heavy (non-hydrogen) atoms. The van der Waals surface area contributed by atoms with Crippen LogP contribution in [0.1, 0.15) is 40.5 Å². The summed E-state index contributed by atoms with van der Waals surface area (Å²) in [7, 11) is 1.67. The van der Waals surface area contributed by atoms with Gasteiger partial charge in [-0.3, -0.25) is 4.79 Å². The Balaban J connectivity index is 3.89. The number of methoxy groups -OCH3 is 1. The fraction of sp³-hybridized carbons (Fsp3) is 0.917. The standard InChI is InChI=1S/C12H26N2O2/c1-9(13)6-7-11(15)14-8-10(16-5)12(2,3)4/h9-10H,6-8,13H2,1-5H3,(H,14,15). The molecule has 0 aliphatic carbocycles. The smallest absolute Gasteiger partial charge is 0.220 e. The van der Waals surface area contributed by atoms with Crippen molar-refractivity contribution in [3.8, 4) is 0 Å². The van der Waals surface area contributed by atoms with E-state index in [1.807, 2.05) is 6.92 Å². The number of nitrogens with two attached hydrogens (primary N) is 1. The van der Waals surface area contributed by atoms with Crippen LogP contribution in [-0.2, 0) is 9.53 Å². The van der Waals surface area contributed by atoms with Gasteiger partial charge < -0.3 is 15.8 Å². The Labute approximate surface area is 98.9 Å². The summed E-state index contributed by atoms with van der Waals surface area (Å²) in [5.74, 6) is 0.0450. The third-order valence-corrected chi connectivity index (χ3v) is 2.56. The minimum Gasteiger partial charge on any atom is -0.379 e. The van der Waals surface area contributed by atoms with Crippen LogP contribution in [0.5, 0.6) is 0 Å². The maximum Gasteiger partial charge on any atom is 0.220 e. The second-order valence-electron chi connectivity index (χ2n) is 5.41. The summed E-state index contributed by atoms with van der Waals surface area (Å²) in [6.45, 7) is 8.73. The molecule has 2 atom stereocenters. The van der Waals surface area contributed by atoms with Gasteiger partial charge in [-0.05, 0) is 18.8 Å². The van der Waals surface area contributed by atoms with Crippen molar-refractivity contribution in [1.82, 2.24) is 5.32 Å². The lowest BCUT2D eigenvalue weighted by atomic mass is 9.89. The van der Waals surface area contributed by atoms with Gasteiger partial charge in [0, 0.05) is 26.1 Å². The van der Waals surface area contributed by atoms with Gasteiger partial charge in [0.2, 0.25) is 5.91 Å². The van der Waals surface area contributed by atoms with Gasteiger partial charge in [-0.15, -0.1) is 0 Å². The first-order chi connectivity index (χ1) is 7.27. The van der Waals surface area contributed by atoms with Crippen molar-refractivity contribution in [3.63, 3.8) is 0 Å². The molecular weight excluding hydrogens is 204 g/mol. The minimum absolute atomic E-state index is 0.0309. The maximum absolute atomic E-state index is 11.5. The topological polar surface area (TPSA) is 64.3 Å². The molecule has 96 valence electrons. The van der Waals surface area contributed by atoms with Gasteiger partial charge in [0.1, 0.15) is 0 Å². The van der Waals surface area contributed by atoms with Crippen molar-refractivity contribution >= 4 is 5.91 Å². The molecule has 4 heteroatoms. The predicted molar refractivity (Wildman–Crippen MR) is 66.1 cm³/mol. The third kappa shape index (κ3) is 6.80. The Bertz CT molecular complexity index is 210. The lowest BCUT2D eigenvalue weighted by molar-refractivity contribution is -0.122. The molecule has 0 radical (unpaired) electrons. The highest BCUT2D eigenvalue weighted by Gasteiger charge is 2.24. The number of amides is 1. The number of rotatable bonds is 6. The SMILES string of the molecule is COC(CNC(=O)CCC(C)N)C(C)(C)C. The zero-order chi connectivity index (χ0) is 12.8. The Morgan fingerprint density at radius 2 is 2.00 bits per heavy atom. The van der Waals surface area contributed by atoms with Crippen LogP contribution in [-0.4, -0.2) is 31.7 Å². The molecule has 0 aromatic carbocycles. The minimum atomic E-state index is 0.0309. The summed E-state index contributed by atoms with van der Waals surface area (Å²) in [5, 5.41) is 2.88. The van der Waals surface area contributed by atoms with Crippen molar-refractivity contribution < 1.29 is 9.53 Å². The molecule has 3 N–H and O–H groups in total. The van der Waals surface area contributed by atoms with Gasteiger partial charge in [0.15, 0.2) is 0 Å². The number of hydrogen-bond acceptors (Lipinski definition) is 3. The second-order valence-corrected chi connectivity index (χ2v) is 5.41. The van der Waals surface area contributed by atoms with E-state index in [9.17, 15) is 4.79 Å². The van der Waals surface area contributed by atoms with Gasteiger partial charge in [0.05, 0.1) is 6.10 Å². The molecule has 0 fully saturated rings. The Kier molecular flexibility index (Phi) is 6.60. The molecule has 0 aromatic heterocycles. The van der Waals surface area contributed by atoms with E-state index in [2.05, 4.69) is 26.1 Å². The molecule has 0 aromatic rings. The maximum atomic E-state index is 11.5. The van der Waals surface area contributed by atoms with Crippen LogP contribution < -0.4 is 11.1 Å². The van der Waals surface area contributed by atoms with Gasteiger partial charge >= 0.3 is 0 Å². The van der Waals surface area contributed by atoms with E-state index in [0.29, 0.717) is 13.0 Å². The van der Waals surface area contributed by atoms with Crippen molar-refractivity contribution in [2.75, 3.05) is 13.7 Å². The predicted octanol–water partition coefficient (Wildman–Crippen LogP) is 1.29. The van der Waals surface area contributed by atoms with Gasteiger partial charge in [-0.2, -0.15) is 0 Å². The van der Waals surface area contributed by atoms with E-state index in [1.165, 1.54) is 0 Å². The lowest BCUT2D eigenvalue weighted by Crippen LogP contribution is -2.40. The lowest BCUT2D eigenvalue weighted by Gasteiger charge is -2.29. The van der Waals surface area contributed by atoms with Crippen molar-refractivity contribution in [2.24, 2.45) is 11.1 Å². The van der Waals surface area contributed by atoms with E-state index in [0.717, 1.165) is 6.42 Å². The Hall–Kier alpha value is -0.610. The molecular formula is C12H26N2O2. The van der Waals surface area contributed by atoms with E-state index < -0.39 is 0 Å². The molecule has 0 aliphatic heterocycles. The normalized spacial score (nSPS) is 15.6. The fourth-order valence-corrected chi connectivity index (χ4v) is 1.40. The zero-order valence-electron chi connectivity index (χ0n) is 11.2. The fourth-order valence-electron chi connectivity index (χ4n) is 1.40. The molecule has 2 unspecified atom stereocenters. The van der Waals surface area contributed by atoms with E-state index in [4.69, 9.17) is 10.5 Å². The van der Waals surface area contributed by atoms with Crippen LogP contribution in [0.4, 0.5) is 0 Å². The van der Waals surface area contributed by atoms with Crippen LogP contribution in [0.2, 0.25) is 0 Å². The largest absolute Gasteiger partial charge is 0.379 e. The number of nitrogens with one attached hydrogen (secondary N) is 1. The molecule has 0 bridgehead atoms. The molecule has 4 nitrogen and oxygen atoms in total. The molecule has 0 rings (SSSR count). The van der Waals surface area contributed by atoms with Gasteiger partial charge in [-0.25, -0.2) is 0 Å². The number of carbonyl (C=O) groups is 1. The van der Waals surface area contributed by atoms with Gasteiger partial charge in [0.25, 0.3) is 0 Å². The second kappa shape index (κ2) is 6.86. The zero-order valence-corrected chi connectivity index (χ0v) is 11.2. The summed E-state index contributed by atoms with van der Waals surface area (Å²) in [4.78, 5) is 11.5. The highest BCUT2D eigenvalue weighted by Crippen LogP contribution is 2.20. The number of ether oxygens (including phenoxy) is 1. The van der Waals surface area contributed by atoms with E-state index >= 15 is 0 Å². The summed E-state index contributed by atoms with van der Waals surface area (Å²) in [5.41, 5.74) is 5.62. The monoisotopic (exact) mass is 230 g/mol. The van der Waals surface area contributed by atoms with Crippen molar-refractivity contribution in [3.05, 3.63) is 0 Å². The van der Waals surface area contributed by atoms with Gasteiger partial charge in [-0.1, -0.05) is 20.8 Å². The van der Waals surface area contributed by atoms with E-state index in [1.54, 1.807) is 7.11 Å². The van der Waals surface area contributed by atoms with Crippen LogP contribution in [0.3, 0.4) is 0 Å². The number of carbonyl (C=O) groups excluding carboxylic acids is 1. The summed E-state index contributed by atoms with van der Waals surface area (Å²) in [6, 6.07) is 0.0755. The van der Waals surface area contributed by atoms with Crippen molar-refractivity contribution in [1.29, 1.82) is 0 Å². The average Bonchev–Trinajstić information content (AvgIpc) is 2.13. The first kappa shape index (κ1) is 15.4. The first-order valence-electron chi connectivity index (χ1n) is 5.82. The first-order valence-corrected chi connectivity index (χ1v) is 5.82. The third-order valence-electron chi connectivity index (χ3n) is 2.56. The Morgan fingerprint density at radius 1 is 1.44 bits per heavy atom. The summed E-state index contributed by atoms with van der Waals surface area (Å²) >= 11 is 0. The quantitative estimate of drug-likeness (QED) is 0.722. The molecule has 0 heterocycles. The molecule has 0 spiro atoms. The summed E-state index contributed by atoms with van der Waals surface area (Å²) in [6.07, 6.45) is 1.24. The highest BCUT2D eigenvalue weighted by molar-refractivity contribution is 5.75. The number of hydrogen-bond donors (Lipinski definition) is 2. The Morgan fingerprint density at radius 3 is 2.38 bits per heavy atom. The molecule has 1 amide bonds. The highest BCUT2D eigenvalue weighted by atomic mass is 16.5. The summed E-state index contributed by atoms with van der Waals surface area (Å²) < 4.78 is 5.35. The molecule has 0 saturated carbocycles. The average molecular weight is 230 g/mol. The molecule has 0 aliphatic rings. The van der Waals surface area contributed by atoms with Crippen molar-refractivity contribution in [2.45, 2.75) is 52.7 Å². The van der Waals surface area contributed by atoms with E-state index in [-0.39, 0.29) is 23.5 Å². The van der Waals surface area contributed by atoms with Crippen LogP contribution >= 0.6 is 0 Å². The van der Waals surface area contributed by atoms with Crippen LogP contribution in [0.25, 0.3) is 0 Å². The van der Waals surface area contributed by atoms with Crippen LogP contribution in [0, 0.1) is 5.41 Å².